The Morgan fingerprint density at radius 1 is 1.24 bits per heavy atom. The van der Waals surface area contributed by atoms with Crippen LogP contribution in [0, 0.1) is 0 Å². The number of hydrogen-bond acceptors (Lipinski definition) is 7. The maximum atomic E-state index is 11.9. The largest absolute Gasteiger partial charge is 0.487 e. The second kappa shape index (κ2) is 9.02. The number of benzene rings is 1. The van der Waals surface area contributed by atoms with E-state index in [1.54, 1.807) is 6.07 Å². The molecule has 0 saturated carbocycles. The first-order valence-corrected chi connectivity index (χ1v) is 5.49. The second-order valence-corrected chi connectivity index (χ2v) is 3.44. The van der Waals surface area contributed by atoms with E-state index < -0.39 is 12.7 Å². The Morgan fingerprint density at radius 3 is 2.62 bits per heavy atom. The van der Waals surface area contributed by atoms with Crippen molar-refractivity contribution < 1.29 is 19.1 Å². The molecule has 0 aliphatic rings. The van der Waals surface area contributed by atoms with Crippen molar-refractivity contribution in [3.63, 3.8) is 0 Å². The minimum absolute atomic E-state index is 0.0610. The summed E-state index contributed by atoms with van der Waals surface area (Å²) in [6.07, 6.45) is 0. The maximum absolute atomic E-state index is 11.9. The van der Waals surface area contributed by atoms with Gasteiger partial charge in [-0.1, -0.05) is 16.3 Å². The topological polar surface area (TPSA) is 168 Å². The van der Waals surface area contributed by atoms with Gasteiger partial charge in [0.2, 0.25) is 0 Å². The lowest BCUT2D eigenvalue weighted by molar-refractivity contribution is 0.0510. The smallest absolute Gasteiger partial charge is 0.342 e. The second-order valence-electron chi connectivity index (χ2n) is 3.44. The van der Waals surface area contributed by atoms with E-state index >= 15 is 0 Å². The molecule has 0 aliphatic heterocycles. The number of nitrogens with zero attached hydrogens (tertiary/aromatic N) is 6. The maximum Gasteiger partial charge on any atom is 0.342 e. The minimum Gasteiger partial charge on any atom is -0.487 e. The Kier molecular flexibility index (Phi) is 6.91. The van der Waals surface area contributed by atoms with Crippen LogP contribution in [0.25, 0.3) is 20.9 Å². The summed E-state index contributed by atoms with van der Waals surface area (Å²) in [6.45, 7) is -0.671. The molecule has 1 rings (SSSR count). The number of nitrogens with two attached hydrogens (primary N) is 1. The fraction of sp³-hybridized carbons (Fsp3) is 0.300. The van der Waals surface area contributed by atoms with Crippen molar-refractivity contribution in [3.05, 3.63) is 50.2 Å². The lowest BCUT2D eigenvalue weighted by atomic mass is 10.1. The standard InChI is InChI=1S/C10H11N7O4/c11-16-14-5-19-9-2-1-7(4-21-13)3-8(9)10(18)20-6-15-17-12/h1-3H,4-6,13H2. The first kappa shape index (κ1) is 16.1. The normalized spacial score (nSPS) is 9.19. The zero-order chi connectivity index (χ0) is 15.5. The highest BCUT2D eigenvalue weighted by atomic mass is 16.6. The highest BCUT2D eigenvalue weighted by Crippen LogP contribution is 2.22. The molecule has 21 heavy (non-hydrogen) atoms. The third-order valence-corrected chi connectivity index (χ3v) is 2.17. The fourth-order valence-electron chi connectivity index (χ4n) is 1.36. The van der Waals surface area contributed by atoms with Crippen molar-refractivity contribution in [1.82, 2.24) is 0 Å². The van der Waals surface area contributed by atoms with Crippen LogP contribution in [-0.2, 0) is 16.2 Å². The van der Waals surface area contributed by atoms with Crippen molar-refractivity contribution in [2.45, 2.75) is 6.61 Å². The SMILES string of the molecule is [N-]=[N+]=NCOC(=O)c1cc(CON)ccc1OCN=[N+]=[N-]. The van der Waals surface area contributed by atoms with E-state index in [2.05, 4.69) is 24.9 Å². The summed E-state index contributed by atoms with van der Waals surface area (Å²) in [5.74, 6) is 4.34. The zero-order valence-corrected chi connectivity index (χ0v) is 10.7. The van der Waals surface area contributed by atoms with Gasteiger partial charge in [-0.05, 0) is 28.8 Å². The third-order valence-electron chi connectivity index (χ3n) is 2.17. The first-order valence-electron chi connectivity index (χ1n) is 5.49. The highest BCUT2D eigenvalue weighted by molar-refractivity contribution is 5.92. The van der Waals surface area contributed by atoms with Gasteiger partial charge in [-0.15, -0.1) is 0 Å². The van der Waals surface area contributed by atoms with Crippen LogP contribution < -0.4 is 10.6 Å². The van der Waals surface area contributed by atoms with E-state index in [4.69, 9.17) is 26.4 Å². The van der Waals surface area contributed by atoms with Gasteiger partial charge in [-0.3, -0.25) is 4.84 Å². The molecule has 11 nitrogen and oxygen atoms in total. The van der Waals surface area contributed by atoms with Gasteiger partial charge in [0.25, 0.3) is 0 Å². The van der Waals surface area contributed by atoms with E-state index in [1.165, 1.54) is 12.1 Å². The molecule has 0 aliphatic carbocycles. The number of esters is 1. The predicted molar refractivity (Wildman–Crippen MR) is 69.5 cm³/mol. The van der Waals surface area contributed by atoms with Crippen molar-refractivity contribution in [1.29, 1.82) is 0 Å². The molecule has 1 aromatic rings. The summed E-state index contributed by atoms with van der Waals surface area (Å²) >= 11 is 0. The molecule has 0 atom stereocenters. The van der Waals surface area contributed by atoms with Crippen LogP contribution in [0.2, 0.25) is 0 Å². The molecule has 0 aromatic heterocycles. The van der Waals surface area contributed by atoms with E-state index in [0.29, 0.717) is 5.56 Å². The fourth-order valence-corrected chi connectivity index (χ4v) is 1.36. The average molecular weight is 293 g/mol. The number of rotatable bonds is 8. The van der Waals surface area contributed by atoms with Crippen molar-refractivity contribution in [2.24, 2.45) is 16.1 Å². The molecule has 0 heterocycles. The molecule has 11 heteroatoms. The number of carbonyl (C=O) groups is 1. The molecule has 0 fully saturated rings. The molecule has 0 amide bonds. The summed E-state index contributed by atoms with van der Waals surface area (Å²) in [7, 11) is 0. The van der Waals surface area contributed by atoms with Crippen LogP contribution in [0.5, 0.6) is 5.75 Å². The Bertz CT molecular complexity index is 593. The molecule has 0 radical (unpaired) electrons. The molecule has 0 unspecified atom stereocenters. The van der Waals surface area contributed by atoms with Crippen LogP contribution in [0.1, 0.15) is 15.9 Å². The van der Waals surface area contributed by atoms with Crippen molar-refractivity contribution in [3.8, 4) is 5.75 Å². The van der Waals surface area contributed by atoms with Crippen LogP contribution >= 0.6 is 0 Å². The molecule has 110 valence electrons. The Hall–Kier alpha value is -2.97. The first-order chi connectivity index (χ1) is 10.2. The molecule has 1 aromatic carbocycles. The van der Waals surface area contributed by atoms with Crippen molar-refractivity contribution in [2.75, 3.05) is 13.5 Å². The van der Waals surface area contributed by atoms with Crippen LogP contribution in [-0.4, -0.2) is 19.4 Å². The van der Waals surface area contributed by atoms with E-state index in [0.717, 1.165) is 0 Å². The monoisotopic (exact) mass is 293 g/mol. The highest BCUT2D eigenvalue weighted by Gasteiger charge is 2.15. The molecule has 0 saturated heterocycles. The average Bonchev–Trinajstić information content (AvgIpc) is 2.49. The zero-order valence-electron chi connectivity index (χ0n) is 10.7. The predicted octanol–water partition coefficient (Wildman–Crippen LogP) is 2.15. The van der Waals surface area contributed by atoms with Gasteiger partial charge in [0, 0.05) is 9.82 Å². The summed E-state index contributed by atoms with van der Waals surface area (Å²) in [5.41, 5.74) is 17.0. The van der Waals surface area contributed by atoms with Gasteiger partial charge in [-0.25, -0.2) is 10.7 Å². The minimum atomic E-state index is -0.766. The quantitative estimate of drug-likeness (QED) is 0.254. The van der Waals surface area contributed by atoms with Gasteiger partial charge in [0.05, 0.1) is 6.61 Å². The third kappa shape index (κ3) is 5.27. The van der Waals surface area contributed by atoms with Crippen LogP contribution in [0.3, 0.4) is 0 Å². The summed E-state index contributed by atoms with van der Waals surface area (Å²) in [6, 6.07) is 4.53. The van der Waals surface area contributed by atoms with Crippen LogP contribution in [0.15, 0.2) is 28.4 Å². The summed E-state index contributed by atoms with van der Waals surface area (Å²) in [4.78, 5) is 21.3. The number of ether oxygens (including phenoxy) is 2. The molecule has 0 spiro atoms. The van der Waals surface area contributed by atoms with Gasteiger partial charge in [0.15, 0.2) is 13.5 Å². The summed E-state index contributed by atoms with van der Waals surface area (Å²) < 4.78 is 9.88. The number of hydrogen-bond donors (Lipinski definition) is 1. The van der Waals surface area contributed by atoms with E-state index in [9.17, 15) is 4.79 Å². The molecular formula is C10H11N7O4. The Labute approximate surface area is 118 Å². The van der Waals surface area contributed by atoms with Crippen molar-refractivity contribution >= 4 is 5.97 Å². The number of carbonyl (C=O) groups excluding carboxylic acids is 1. The Balaban J connectivity index is 2.97. The van der Waals surface area contributed by atoms with E-state index in [1.807, 2.05) is 0 Å². The van der Waals surface area contributed by atoms with Gasteiger partial charge < -0.3 is 9.47 Å². The van der Waals surface area contributed by atoms with Gasteiger partial charge in [-0.2, -0.15) is 0 Å². The molecular weight excluding hydrogens is 282 g/mol. The van der Waals surface area contributed by atoms with Gasteiger partial charge >= 0.3 is 5.97 Å². The number of azide groups is 2. The summed E-state index contributed by atoms with van der Waals surface area (Å²) in [5, 5.41) is 6.28. The van der Waals surface area contributed by atoms with Gasteiger partial charge in [0.1, 0.15) is 11.3 Å². The molecule has 2 N–H and O–H groups in total. The molecule has 0 bridgehead atoms. The lowest BCUT2D eigenvalue weighted by Gasteiger charge is -2.10. The van der Waals surface area contributed by atoms with Crippen LogP contribution in [0.4, 0.5) is 0 Å². The van der Waals surface area contributed by atoms with E-state index in [-0.39, 0.29) is 24.7 Å². The lowest BCUT2D eigenvalue weighted by Crippen LogP contribution is -2.09. The Morgan fingerprint density at radius 2 is 1.95 bits per heavy atom.